The van der Waals surface area contributed by atoms with Gasteiger partial charge in [-0.25, -0.2) is 4.79 Å². The van der Waals surface area contributed by atoms with Crippen molar-refractivity contribution >= 4 is 11.9 Å². The SMILES string of the molecule is CCC1CCC(NC(=O)C(=O)O)CC1. The summed E-state index contributed by atoms with van der Waals surface area (Å²) in [5.41, 5.74) is 0. The second kappa shape index (κ2) is 4.98. The third-order valence-corrected chi connectivity index (χ3v) is 2.95. The zero-order valence-corrected chi connectivity index (χ0v) is 8.45. The molecule has 0 radical (unpaired) electrons. The molecule has 14 heavy (non-hydrogen) atoms. The summed E-state index contributed by atoms with van der Waals surface area (Å²) in [5.74, 6) is -1.50. The molecule has 0 heterocycles. The van der Waals surface area contributed by atoms with Gasteiger partial charge in [-0.15, -0.1) is 0 Å². The molecule has 0 saturated heterocycles. The first-order chi connectivity index (χ1) is 6.63. The van der Waals surface area contributed by atoms with E-state index in [1.807, 2.05) is 0 Å². The Morgan fingerprint density at radius 3 is 2.29 bits per heavy atom. The molecular formula is C10H17NO3. The van der Waals surface area contributed by atoms with E-state index in [4.69, 9.17) is 5.11 Å². The average molecular weight is 199 g/mol. The first kappa shape index (κ1) is 11.0. The van der Waals surface area contributed by atoms with E-state index in [0.29, 0.717) is 0 Å². The minimum absolute atomic E-state index is 0.0707. The first-order valence-corrected chi connectivity index (χ1v) is 5.17. The van der Waals surface area contributed by atoms with Gasteiger partial charge in [-0.2, -0.15) is 0 Å². The van der Waals surface area contributed by atoms with E-state index in [2.05, 4.69) is 12.2 Å². The minimum atomic E-state index is -1.39. The van der Waals surface area contributed by atoms with Crippen molar-refractivity contribution in [3.05, 3.63) is 0 Å². The van der Waals surface area contributed by atoms with Gasteiger partial charge >= 0.3 is 11.9 Å². The maximum Gasteiger partial charge on any atom is 0.394 e. The van der Waals surface area contributed by atoms with Gasteiger partial charge in [0.1, 0.15) is 0 Å². The Morgan fingerprint density at radius 2 is 1.86 bits per heavy atom. The lowest BCUT2D eigenvalue weighted by Gasteiger charge is -2.27. The van der Waals surface area contributed by atoms with Crippen molar-refractivity contribution in [2.45, 2.75) is 45.1 Å². The van der Waals surface area contributed by atoms with Gasteiger partial charge in [0.2, 0.25) is 0 Å². The normalized spacial score (nSPS) is 26.9. The molecule has 0 aliphatic heterocycles. The van der Waals surface area contributed by atoms with Gasteiger partial charge in [-0.05, 0) is 31.6 Å². The number of rotatable bonds is 2. The minimum Gasteiger partial charge on any atom is -0.474 e. The fraction of sp³-hybridized carbons (Fsp3) is 0.800. The Labute approximate surface area is 83.7 Å². The van der Waals surface area contributed by atoms with Gasteiger partial charge in [0.25, 0.3) is 0 Å². The van der Waals surface area contributed by atoms with Crippen molar-refractivity contribution in [3.63, 3.8) is 0 Å². The smallest absolute Gasteiger partial charge is 0.394 e. The zero-order valence-electron chi connectivity index (χ0n) is 8.45. The fourth-order valence-corrected chi connectivity index (χ4v) is 1.96. The van der Waals surface area contributed by atoms with Crippen LogP contribution in [0.1, 0.15) is 39.0 Å². The summed E-state index contributed by atoms with van der Waals surface area (Å²) in [7, 11) is 0. The number of amides is 1. The third-order valence-electron chi connectivity index (χ3n) is 2.95. The van der Waals surface area contributed by atoms with Gasteiger partial charge in [0, 0.05) is 6.04 Å². The number of nitrogens with one attached hydrogen (secondary N) is 1. The molecular weight excluding hydrogens is 182 g/mol. The Balaban J connectivity index is 2.29. The molecule has 0 atom stereocenters. The quantitative estimate of drug-likeness (QED) is 0.656. The topological polar surface area (TPSA) is 66.4 Å². The second-order valence-electron chi connectivity index (χ2n) is 3.90. The molecule has 0 aromatic rings. The van der Waals surface area contributed by atoms with Crippen molar-refractivity contribution in [2.75, 3.05) is 0 Å². The average Bonchev–Trinajstić information content (AvgIpc) is 2.19. The molecule has 0 aromatic heterocycles. The molecule has 0 spiro atoms. The van der Waals surface area contributed by atoms with E-state index < -0.39 is 11.9 Å². The maximum absolute atomic E-state index is 10.9. The van der Waals surface area contributed by atoms with Crippen LogP contribution in [-0.4, -0.2) is 23.0 Å². The summed E-state index contributed by atoms with van der Waals surface area (Å²) in [6.45, 7) is 2.17. The predicted octanol–water partition coefficient (Wildman–Crippen LogP) is 1.16. The lowest BCUT2D eigenvalue weighted by molar-refractivity contribution is -0.150. The highest BCUT2D eigenvalue weighted by Gasteiger charge is 2.23. The molecule has 1 rings (SSSR count). The Bertz CT molecular complexity index is 219. The number of hydrogen-bond acceptors (Lipinski definition) is 2. The fourth-order valence-electron chi connectivity index (χ4n) is 1.96. The highest BCUT2D eigenvalue weighted by atomic mass is 16.4. The largest absolute Gasteiger partial charge is 0.474 e. The van der Waals surface area contributed by atoms with Gasteiger partial charge in [0.15, 0.2) is 0 Å². The summed E-state index contributed by atoms with van der Waals surface area (Å²) >= 11 is 0. The van der Waals surface area contributed by atoms with Crippen LogP contribution in [0.3, 0.4) is 0 Å². The Hall–Kier alpha value is -1.06. The number of carbonyl (C=O) groups is 2. The molecule has 0 bridgehead atoms. The van der Waals surface area contributed by atoms with E-state index in [9.17, 15) is 9.59 Å². The zero-order chi connectivity index (χ0) is 10.6. The van der Waals surface area contributed by atoms with Crippen molar-refractivity contribution in [3.8, 4) is 0 Å². The van der Waals surface area contributed by atoms with E-state index >= 15 is 0 Å². The van der Waals surface area contributed by atoms with Crippen LogP contribution in [0.25, 0.3) is 0 Å². The van der Waals surface area contributed by atoms with E-state index in [1.165, 1.54) is 6.42 Å². The Morgan fingerprint density at radius 1 is 1.29 bits per heavy atom. The number of hydrogen-bond donors (Lipinski definition) is 2. The standard InChI is InChI=1S/C10H17NO3/c1-2-7-3-5-8(6-4-7)11-9(12)10(13)14/h7-8H,2-6H2,1H3,(H,11,12)(H,13,14). The summed E-state index contributed by atoms with van der Waals surface area (Å²) < 4.78 is 0. The summed E-state index contributed by atoms with van der Waals surface area (Å²) in [6, 6.07) is 0.0707. The summed E-state index contributed by atoms with van der Waals surface area (Å²) in [6.07, 6.45) is 5.21. The van der Waals surface area contributed by atoms with Crippen molar-refractivity contribution < 1.29 is 14.7 Å². The molecule has 1 fully saturated rings. The van der Waals surface area contributed by atoms with Crippen LogP contribution in [-0.2, 0) is 9.59 Å². The molecule has 4 nitrogen and oxygen atoms in total. The molecule has 1 aliphatic rings. The van der Waals surface area contributed by atoms with Crippen LogP contribution in [0.2, 0.25) is 0 Å². The first-order valence-electron chi connectivity index (χ1n) is 5.17. The highest BCUT2D eigenvalue weighted by Crippen LogP contribution is 2.26. The summed E-state index contributed by atoms with van der Waals surface area (Å²) in [4.78, 5) is 21.1. The number of carboxylic acids is 1. The number of carboxylic acid groups (broad SMARTS) is 1. The van der Waals surface area contributed by atoms with Crippen molar-refractivity contribution in [1.29, 1.82) is 0 Å². The lowest BCUT2D eigenvalue weighted by Crippen LogP contribution is -2.41. The third kappa shape index (κ3) is 3.01. The van der Waals surface area contributed by atoms with Gasteiger partial charge in [0.05, 0.1) is 0 Å². The van der Waals surface area contributed by atoms with Crippen LogP contribution in [0.15, 0.2) is 0 Å². The number of aliphatic carboxylic acids is 1. The molecule has 1 aliphatic carbocycles. The monoisotopic (exact) mass is 199 g/mol. The molecule has 1 saturated carbocycles. The van der Waals surface area contributed by atoms with Crippen LogP contribution in [0.5, 0.6) is 0 Å². The van der Waals surface area contributed by atoms with Crippen molar-refractivity contribution in [2.24, 2.45) is 5.92 Å². The van der Waals surface area contributed by atoms with E-state index in [1.54, 1.807) is 0 Å². The second-order valence-corrected chi connectivity index (χ2v) is 3.90. The molecule has 0 aromatic carbocycles. The van der Waals surface area contributed by atoms with Crippen LogP contribution >= 0.6 is 0 Å². The lowest BCUT2D eigenvalue weighted by atomic mass is 9.84. The molecule has 1 amide bonds. The van der Waals surface area contributed by atoms with Crippen molar-refractivity contribution in [1.82, 2.24) is 5.32 Å². The summed E-state index contributed by atoms with van der Waals surface area (Å²) in [5, 5.41) is 10.9. The molecule has 2 N–H and O–H groups in total. The molecule has 4 heteroatoms. The van der Waals surface area contributed by atoms with Gasteiger partial charge in [-0.3, -0.25) is 4.79 Å². The van der Waals surface area contributed by atoms with Crippen LogP contribution in [0.4, 0.5) is 0 Å². The van der Waals surface area contributed by atoms with Crippen LogP contribution < -0.4 is 5.32 Å². The molecule has 80 valence electrons. The van der Waals surface area contributed by atoms with Crippen LogP contribution in [0, 0.1) is 5.92 Å². The van der Waals surface area contributed by atoms with Gasteiger partial charge in [-0.1, -0.05) is 13.3 Å². The highest BCUT2D eigenvalue weighted by molar-refractivity contribution is 6.31. The van der Waals surface area contributed by atoms with Gasteiger partial charge < -0.3 is 10.4 Å². The maximum atomic E-state index is 10.9. The van der Waals surface area contributed by atoms with E-state index in [-0.39, 0.29) is 6.04 Å². The molecule has 0 unspecified atom stereocenters. The Kier molecular flexibility index (Phi) is 3.92. The van der Waals surface area contributed by atoms with E-state index in [0.717, 1.165) is 31.6 Å². The number of carbonyl (C=O) groups excluding carboxylic acids is 1. The predicted molar refractivity (Wildman–Crippen MR) is 51.8 cm³/mol.